The van der Waals surface area contributed by atoms with Crippen molar-refractivity contribution in [1.82, 2.24) is 19.6 Å². The van der Waals surface area contributed by atoms with Crippen LogP contribution in [0.1, 0.15) is 0 Å². The molecule has 0 radical (unpaired) electrons. The monoisotopic (exact) mass is 261 g/mol. The normalized spacial score (nSPS) is 10.6. The predicted molar refractivity (Wildman–Crippen MR) is 47.9 cm³/mol. The van der Waals surface area contributed by atoms with Gasteiger partial charge < -0.3 is 5.73 Å². The van der Waals surface area contributed by atoms with E-state index in [1.807, 2.05) is 0 Å². The van der Waals surface area contributed by atoms with Crippen LogP contribution < -0.4 is 5.73 Å². The van der Waals surface area contributed by atoms with Gasteiger partial charge >= 0.3 is 0 Å². The molecule has 0 aliphatic carbocycles. The standard InChI is InChI=1S/C5H4IN5/c6-3-1-8-2-4-9-10-5(7)11(3)4/h1-2H,(H2,7,10). The fraction of sp³-hybridized carbons (Fsp3) is 0. The molecule has 56 valence electrons. The number of halogens is 1. The maximum atomic E-state index is 5.53. The molecule has 2 aromatic heterocycles. The van der Waals surface area contributed by atoms with Crippen molar-refractivity contribution >= 4 is 34.2 Å². The zero-order valence-electron chi connectivity index (χ0n) is 5.40. The van der Waals surface area contributed by atoms with Crippen LogP contribution in [0.25, 0.3) is 5.65 Å². The second-order valence-corrected chi connectivity index (χ2v) is 3.09. The largest absolute Gasteiger partial charge is 0.368 e. The highest BCUT2D eigenvalue weighted by atomic mass is 127. The van der Waals surface area contributed by atoms with Gasteiger partial charge in [-0.2, -0.15) is 0 Å². The topological polar surface area (TPSA) is 69.1 Å². The Hall–Kier alpha value is -0.920. The van der Waals surface area contributed by atoms with Gasteiger partial charge in [0.15, 0.2) is 5.65 Å². The Bertz CT molecular complexity index is 395. The quantitative estimate of drug-likeness (QED) is 0.693. The first-order valence-corrected chi connectivity index (χ1v) is 3.97. The first-order chi connectivity index (χ1) is 5.29. The summed E-state index contributed by atoms with van der Waals surface area (Å²) in [4.78, 5) is 3.94. The van der Waals surface area contributed by atoms with Gasteiger partial charge in [-0.25, -0.2) is 0 Å². The number of hydrogen-bond acceptors (Lipinski definition) is 4. The molecule has 0 saturated carbocycles. The molecule has 2 heterocycles. The van der Waals surface area contributed by atoms with Crippen molar-refractivity contribution in [3.8, 4) is 0 Å². The molecule has 0 amide bonds. The Labute approximate surface area is 75.8 Å². The third-order valence-electron chi connectivity index (χ3n) is 1.30. The molecule has 2 aromatic rings. The SMILES string of the molecule is Nc1nnc2cncc(I)n12. The zero-order valence-corrected chi connectivity index (χ0v) is 7.56. The highest BCUT2D eigenvalue weighted by molar-refractivity contribution is 14.1. The molecule has 0 atom stereocenters. The van der Waals surface area contributed by atoms with Gasteiger partial charge in [-0.3, -0.25) is 9.38 Å². The minimum atomic E-state index is 0.395. The van der Waals surface area contributed by atoms with Gasteiger partial charge in [-0.05, 0) is 22.6 Å². The van der Waals surface area contributed by atoms with E-state index in [0.29, 0.717) is 11.6 Å². The van der Waals surface area contributed by atoms with Crippen LogP contribution >= 0.6 is 22.6 Å². The summed E-state index contributed by atoms with van der Waals surface area (Å²) in [6, 6.07) is 0. The van der Waals surface area contributed by atoms with Crippen molar-refractivity contribution in [2.75, 3.05) is 5.73 Å². The number of rotatable bonds is 0. The lowest BCUT2D eigenvalue weighted by molar-refractivity contribution is 1.09. The Balaban J connectivity index is 2.96. The first-order valence-electron chi connectivity index (χ1n) is 2.89. The highest BCUT2D eigenvalue weighted by Gasteiger charge is 2.02. The lowest BCUT2D eigenvalue weighted by Gasteiger charge is -1.94. The summed E-state index contributed by atoms with van der Waals surface area (Å²) in [6.45, 7) is 0. The van der Waals surface area contributed by atoms with Crippen molar-refractivity contribution < 1.29 is 0 Å². The first kappa shape index (κ1) is 6.77. The van der Waals surface area contributed by atoms with E-state index < -0.39 is 0 Å². The fourth-order valence-electron chi connectivity index (χ4n) is 0.835. The van der Waals surface area contributed by atoms with E-state index in [0.717, 1.165) is 3.70 Å². The summed E-state index contributed by atoms with van der Waals surface area (Å²) in [5, 5.41) is 7.50. The maximum absolute atomic E-state index is 5.53. The van der Waals surface area contributed by atoms with Crippen LogP contribution in [0.4, 0.5) is 5.95 Å². The Kier molecular flexibility index (Phi) is 1.41. The molecule has 0 spiro atoms. The summed E-state index contributed by atoms with van der Waals surface area (Å²) in [5.74, 6) is 0.395. The molecular weight excluding hydrogens is 257 g/mol. The molecule has 0 aromatic carbocycles. The lowest BCUT2D eigenvalue weighted by atomic mass is 10.7. The predicted octanol–water partition coefficient (Wildman–Crippen LogP) is 0.311. The van der Waals surface area contributed by atoms with Crippen LogP contribution in [-0.4, -0.2) is 19.6 Å². The van der Waals surface area contributed by atoms with Crippen molar-refractivity contribution in [2.24, 2.45) is 0 Å². The molecule has 6 heteroatoms. The van der Waals surface area contributed by atoms with Crippen LogP contribution in [0.2, 0.25) is 0 Å². The second kappa shape index (κ2) is 2.29. The molecule has 2 rings (SSSR count). The van der Waals surface area contributed by atoms with Gasteiger partial charge in [0.05, 0.1) is 12.4 Å². The molecule has 0 saturated heterocycles. The summed E-state index contributed by atoms with van der Waals surface area (Å²) in [5.41, 5.74) is 6.21. The smallest absolute Gasteiger partial charge is 0.227 e. The molecular formula is C5H4IN5. The highest BCUT2D eigenvalue weighted by Crippen LogP contribution is 2.09. The van der Waals surface area contributed by atoms with E-state index in [-0.39, 0.29) is 0 Å². The molecule has 0 bridgehead atoms. The number of nitrogens with two attached hydrogens (primary N) is 1. The van der Waals surface area contributed by atoms with Crippen LogP contribution in [0, 0.1) is 3.70 Å². The molecule has 0 fully saturated rings. The third kappa shape index (κ3) is 0.934. The summed E-state index contributed by atoms with van der Waals surface area (Å²) >= 11 is 2.12. The lowest BCUT2D eigenvalue weighted by Crippen LogP contribution is -1.97. The van der Waals surface area contributed by atoms with Crippen molar-refractivity contribution in [3.05, 3.63) is 16.1 Å². The van der Waals surface area contributed by atoms with Gasteiger partial charge in [0.1, 0.15) is 3.70 Å². The summed E-state index contributed by atoms with van der Waals surface area (Å²) in [6.07, 6.45) is 3.32. The molecule has 5 nitrogen and oxygen atoms in total. The van der Waals surface area contributed by atoms with Crippen molar-refractivity contribution in [1.29, 1.82) is 0 Å². The van der Waals surface area contributed by atoms with Crippen LogP contribution in [-0.2, 0) is 0 Å². The zero-order chi connectivity index (χ0) is 7.84. The second-order valence-electron chi connectivity index (χ2n) is 1.98. The third-order valence-corrected chi connectivity index (χ3v) is 2.06. The van der Waals surface area contributed by atoms with Gasteiger partial charge in [-0.1, -0.05) is 0 Å². The minimum absolute atomic E-state index is 0.395. The van der Waals surface area contributed by atoms with Gasteiger partial charge in [0.25, 0.3) is 0 Å². The molecule has 0 unspecified atom stereocenters. The molecule has 0 aliphatic rings. The average molecular weight is 261 g/mol. The number of fused-ring (bicyclic) bond motifs is 1. The van der Waals surface area contributed by atoms with Gasteiger partial charge in [-0.15, -0.1) is 10.2 Å². The number of nitrogens with zero attached hydrogens (tertiary/aromatic N) is 4. The van der Waals surface area contributed by atoms with E-state index in [1.165, 1.54) is 0 Å². The van der Waals surface area contributed by atoms with Crippen LogP contribution in [0.3, 0.4) is 0 Å². The van der Waals surface area contributed by atoms with E-state index in [4.69, 9.17) is 5.73 Å². The van der Waals surface area contributed by atoms with E-state index in [9.17, 15) is 0 Å². The average Bonchev–Trinajstić information content (AvgIpc) is 2.34. The van der Waals surface area contributed by atoms with E-state index in [1.54, 1.807) is 16.8 Å². The van der Waals surface area contributed by atoms with Crippen LogP contribution in [0.5, 0.6) is 0 Å². The number of nitrogen functional groups attached to an aromatic ring is 1. The Morgan fingerprint density at radius 3 is 2.91 bits per heavy atom. The summed E-state index contributed by atoms with van der Waals surface area (Å²) in [7, 11) is 0. The van der Waals surface area contributed by atoms with Crippen molar-refractivity contribution in [2.45, 2.75) is 0 Å². The molecule has 2 N–H and O–H groups in total. The summed E-state index contributed by atoms with van der Waals surface area (Å²) < 4.78 is 2.63. The fourth-order valence-corrected chi connectivity index (χ4v) is 1.49. The minimum Gasteiger partial charge on any atom is -0.368 e. The Morgan fingerprint density at radius 1 is 1.36 bits per heavy atom. The van der Waals surface area contributed by atoms with Crippen LogP contribution in [0.15, 0.2) is 12.4 Å². The van der Waals surface area contributed by atoms with Gasteiger partial charge in [0, 0.05) is 0 Å². The Morgan fingerprint density at radius 2 is 2.18 bits per heavy atom. The van der Waals surface area contributed by atoms with E-state index in [2.05, 4.69) is 37.8 Å². The molecule has 11 heavy (non-hydrogen) atoms. The number of aromatic nitrogens is 4. The van der Waals surface area contributed by atoms with E-state index >= 15 is 0 Å². The number of anilines is 1. The van der Waals surface area contributed by atoms with Crippen molar-refractivity contribution in [3.63, 3.8) is 0 Å². The van der Waals surface area contributed by atoms with Gasteiger partial charge in [0.2, 0.25) is 5.95 Å². The molecule has 0 aliphatic heterocycles. The maximum Gasteiger partial charge on any atom is 0.227 e. The number of hydrogen-bond donors (Lipinski definition) is 1.